The van der Waals surface area contributed by atoms with Crippen LogP contribution in [0.3, 0.4) is 0 Å². The Balaban J connectivity index is 1.23. The molecule has 0 aliphatic carbocycles. The van der Waals surface area contributed by atoms with E-state index in [1.54, 1.807) is 0 Å². The number of para-hydroxylation sites is 3. The number of hydrogen-bond acceptors (Lipinski definition) is 3. The van der Waals surface area contributed by atoms with Gasteiger partial charge in [-0.2, -0.15) is 0 Å². The van der Waals surface area contributed by atoms with Gasteiger partial charge in [-0.15, -0.1) is 0 Å². The summed E-state index contributed by atoms with van der Waals surface area (Å²) in [6.07, 6.45) is 0. The van der Waals surface area contributed by atoms with E-state index in [2.05, 4.69) is 132 Å². The third-order valence-electron chi connectivity index (χ3n) is 9.89. The van der Waals surface area contributed by atoms with Crippen LogP contribution in [0, 0.1) is 0 Å². The molecule has 7 aromatic carbocycles. The number of nitrogens with zero attached hydrogens (tertiary/aromatic N) is 1. The zero-order chi connectivity index (χ0) is 30.6. The molecule has 0 spiro atoms. The van der Waals surface area contributed by atoms with Gasteiger partial charge in [0.05, 0.1) is 11.0 Å². The second kappa shape index (κ2) is 9.18. The molecule has 0 N–H and O–H groups in total. The molecular weight excluding hydrogens is 577 g/mol. The van der Waals surface area contributed by atoms with Crippen molar-refractivity contribution < 1.29 is 13.9 Å². The minimum Gasteiger partial charge on any atom is -0.458 e. The highest BCUT2D eigenvalue weighted by Gasteiger charge is 2.41. The van der Waals surface area contributed by atoms with Crippen LogP contribution in [0.4, 0.5) is 0 Å². The normalized spacial score (nSPS) is 13.0. The van der Waals surface area contributed by atoms with Crippen LogP contribution in [0.5, 0.6) is 23.0 Å². The maximum atomic E-state index is 6.93. The standard InChI is InChI=1S/C42H24BNO3/c1-3-11-25(12-4-1)26-19-40-42-41(20-26)47-39-24-37-31(29-16-8-10-18-36(29)45-37)22-33(39)43(42)32-21-30-28-15-7-9-17-34(28)44(27-13-5-2-6-14-27)35(30)23-38(32)46-40/h1-24H. The van der Waals surface area contributed by atoms with Gasteiger partial charge in [-0.3, -0.25) is 0 Å². The van der Waals surface area contributed by atoms with Crippen molar-refractivity contribution in [1.29, 1.82) is 0 Å². The zero-order valence-corrected chi connectivity index (χ0v) is 25.1. The summed E-state index contributed by atoms with van der Waals surface area (Å²) in [5.74, 6) is 3.30. The number of furan rings is 1. The van der Waals surface area contributed by atoms with Crippen molar-refractivity contribution in [2.45, 2.75) is 0 Å². The largest absolute Gasteiger partial charge is 0.458 e. The van der Waals surface area contributed by atoms with Crippen LogP contribution in [0.25, 0.3) is 60.6 Å². The lowest BCUT2D eigenvalue weighted by Gasteiger charge is -2.33. The van der Waals surface area contributed by atoms with Crippen LogP contribution >= 0.6 is 0 Å². The van der Waals surface area contributed by atoms with Gasteiger partial charge in [-0.1, -0.05) is 97.1 Å². The molecule has 5 heteroatoms. The SMILES string of the molecule is c1ccc(-c2cc3c4c(c2)Oc2cc5c(cc2B4c2cc4c(cc2O3)oc2ccccc24)c2ccccc2n5-c2ccccc2)cc1. The van der Waals surface area contributed by atoms with Crippen molar-refractivity contribution in [3.63, 3.8) is 0 Å². The number of rotatable bonds is 2. The first-order valence-electron chi connectivity index (χ1n) is 16.0. The Bertz CT molecular complexity index is 2740. The third kappa shape index (κ3) is 3.48. The molecule has 4 nitrogen and oxygen atoms in total. The van der Waals surface area contributed by atoms with E-state index >= 15 is 0 Å². The lowest BCUT2D eigenvalue weighted by atomic mass is 9.34. The summed E-state index contributed by atoms with van der Waals surface area (Å²) in [5.41, 5.74) is 10.6. The summed E-state index contributed by atoms with van der Waals surface area (Å²) in [7, 11) is 0. The fraction of sp³-hybridized carbons (Fsp3) is 0. The molecule has 0 bridgehead atoms. The fourth-order valence-electron chi connectivity index (χ4n) is 7.83. The van der Waals surface area contributed by atoms with E-state index in [1.807, 2.05) is 18.2 Å². The van der Waals surface area contributed by atoms with Gasteiger partial charge in [-0.05, 0) is 58.5 Å². The summed E-state index contributed by atoms with van der Waals surface area (Å²) in [4.78, 5) is 0. The van der Waals surface area contributed by atoms with Crippen molar-refractivity contribution in [1.82, 2.24) is 4.57 Å². The second-order valence-electron chi connectivity index (χ2n) is 12.5. The molecule has 2 aromatic heterocycles. The predicted octanol–water partition coefficient (Wildman–Crippen LogP) is 9.08. The van der Waals surface area contributed by atoms with E-state index in [0.717, 1.165) is 83.7 Å². The molecule has 218 valence electrons. The molecule has 0 saturated carbocycles. The predicted molar refractivity (Wildman–Crippen MR) is 191 cm³/mol. The lowest BCUT2D eigenvalue weighted by Crippen LogP contribution is -2.57. The first-order valence-corrected chi connectivity index (χ1v) is 16.0. The van der Waals surface area contributed by atoms with E-state index in [1.165, 1.54) is 16.3 Å². The van der Waals surface area contributed by atoms with Gasteiger partial charge < -0.3 is 18.5 Å². The molecule has 47 heavy (non-hydrogen) atoms. The molecule has 0 fully saturated rings. The average molecular weight is 601 g/mol. The van der Waals surface area contributed by atoms with E-state index < -0.39 is 0 Å². The van der Waals surface area contributed by atoms with Crippen molar-refractivity contribution >= 4 is 66.8 Å². The molecule has 2 aliphatic heterocycles. The van der Waals surface area contributed by atoms with Crippen LogP contribution < -0.4 is 25.9 Å². The fourth-order valence-corrected chi connectivity index (χ4v) is 7.83. The van der Waals surface area contributed by atoms with Crippen molar-refractivity contribution in [3.05, 3.63) is 146 Å². The smallest absolute Gasteiger partial charge is 0.260 e. The van der Waals surface area contributed by atoms with E-state index in [9.17, 15) is 0 Å². The van der Waals surface area contributed by atoms with Gasteiger partial charge in [0.1, 0.15) is 34.2 Å². The van der Waals surface area contributed by atoms with E-state index in [4.69, 9.17) is 13.9 Å². The summed E-state index contributed by atoms with van der Waals surface area (Å²) in [6.45, 7) is -0.0846. The zero-order valence-electron chi connectivity index (χ0n) is 25.1. The minimum atomic E-state index is -0.0846. The monoisotopic (exact) mass is 601 g/mol. The first kappa shape index (κ1) is 25.0. The first-order chi connectivity index (χ1) is 23.3. The lowest BCUT2D eigenvalue weighted by molar-refractivity contribution is 0.465. The Morgan fingerprint density at radius 1 is 0.426 bits per heavy atom. The average Bonchev–Trinajstić information content (AvgIpc) is 3.65. The molecule has 0 atom stereocenters. The van der Waals surface area contributed by atoms with Gasteiger partial charge >= 0.3 is 0 Å². The Kier molecular flexibility index (Phi) is 4.89. The Hall–Kier alpha value is -6.20. The van der Waals surface area contributed by atoms with Gasteiger partial charge in [-0.25, -0.2) is 0 Å². The van der Waals surface area contributed by atoms with Crippen molar-refractivity contribution in [3.8, 4) is 39.8 Å². The second-order valence-corrected chi connectivity index (χ2v) is 12.5. The molecule has 2 aliphatic rings. The number of benzene rings is 7. The molecule has 0 radical (unpaired) electrons. The summed E-state index contributed by atoms with van der Waals surface area (Å²) < 4.78 is 22.4. The number of fused-ring (bicyclic) bond motifs is 10. The Labute approximate surface area is 270 Å². The van der Waals surface area contributed by atoms with E-state index in [0.29, 0.717) is 0 Å². The molecule has 11 rings (SSSR count). The Morgan fingerprint density at radius 2 is 1.06 bits per heavy atom. The summed E-state index contributed by atoms with van der Waals surface area (Å²) in [6, 6.07) is 51.1. The van der Waals surface area contributed by atoms with Crippen LogP contribution in [0.2, 0.25) is 0 Å². The van der Waals surface area contributed by atoms with Gasteiger partial charge in [0.25, 0.3) is 6.71 Å². The van der Waals surface area contributed by atoms with Gasteiger partial charge in [0.15, 0.2) is 0 Å². The Morgan fingerprint density at radius 3 is 1.85 bits per heavy atom. The maximum absolute atomic E-state index is 6.93. The highest BCUT2D eigenvalue weighted by atomic mass is 16.5. The van der Waals surface area contributed by atoms with Crippen LogP contribution in [-0.4, -0.2) is 11.3 Å². The highest BCUT2D eigenvalue weighted by molar-refractivity contribution is 6.98. The molecule has 0 saturated heterocycles. The topological polar surface area (TPSA) is 36.5 Å². The number of hydrogen-bond donors (Lipinski definition) is 0. The molecular formula is C42H24BNO3. The van der Waals surface area contributed by atoms with Crippen LogP contribution in [-0.2, 0) is 0 Å². The third-order valence-corrected chi connectivity index (χ3v) is 9.89. The number of aromatic nitrogens is 1. The van der Waals surface area contributed by atoms with E-state index in [-0.39, 0.29) is 6.71 Å². The summed E-state index contributed by atoms with van der Waals surface area (Å²) in [5, 5.41) is 4.59. The molecule has 9 aromatic rings. The van der Waals surface area contributed by atoms with Crippen molar-refractivity contribution in [2.24, 2.45) is 0 Å². The number of ether oxygens (including phenoxy) is 2. The summed E-state index contributed by atoms with van der Waals surface area (Å²) >= 11 is 0. The minimum absolute atomic E-state index is 0.0846. The van der Waals surface area contributed by atoms with Gasteiger partial charge in [0.2, 0.25) is 0 Å². The highest BCUT2D eigenvalue weighted by Crippen LogP contribution is 2.42. The molecule has 0 amide bonds. The van der Waals surface area contributed by atoms with Gasteiger partial charge in [0, 0.05) is 44.8 Å². The quantitative estimate of drug-likeness (QED) is 0.186. The molecule has 0 unspecified atom stereocenters. The van der Waals surface area contributed by atoms with Crippen LogP contribution in [0.1, 0.15) is 0 Å². The maximum Gasteiger partial charge on any atom is 0.260 e. The van der Waals surface area contributed by atoms with Crippen molar-refractivity contribution in [2.75, 3.05) is 0 Å². The van der Waals surface area contributed by atoms with Crippen LogP contribution in [0.15, 0.2) is 150 Å². The molecule has 4 heterocycles.